The van der Waals surface area contributed by atoms with Gasteiger partial charge in [0.25, 0.3) is 5.91 Å². The number of carbonyl (C=O) groups excluding carboxylic acids is 2. The van der Waals surface area contributed by atoms with E-state index in [1.807, 2.05) is 103 Å². The van der Waals surface area contributed by atoms with Crippen molar-refractivity contribution in [2.45, 2.75) is 19.1 Å². The Bertz CT molecular complexity index is 1500. The van der Waals surface area contributed by atoms with Gasteiger partial charge in [-0.25, -0.2) is 0 Å². The maximum atomic E-state index is 13.3. The summed E-state index contributed by atoms with van der Waals surface area (Å²) < 4.78 is 11.7. The van der Waals surface area contributed by atoms with Gasteiger partial charge in [-0.2, -0.15) is 0 Å². The molecule has 0 aliphatic carbocycles. The van der Waals surface area contributed by atoms with Crippen molar-refractivity contribution >= 4 is 22.6 Å². The summed E-state index contributed by atoms with van der Waals surface area (Å²) in [6.07, 6.45) is 1.98. The molecule has 1 heterocycles. The Hall–Kier alpha value is -4.68. The first-order valence-corrected chi connectivity index (χ1v) is 12.5. The van der Waals surface area contributed by atoms with Crippen LogP contribution in [0, 0.1) is 0 Å². The fraction of sp³-hybridized carbons (Fsp3) is 0.125. The Balaban J connectivity index is 1.26. The number of aromatic nitrogens is 1. The topological polar surface area (TPSA) is 80.4 Å². The van der Waals surface area contributed by atoms with Crippen LogP contribution in [-0.4, -0.2) is 29.3 Å². The minimum atomic E-state index is -0.798. The van der Waals surface area contributed by atoms with Gasteiger partial charge in [-0.1, -0.05) is 60.7 Å². The molecule has 0 fully saturated rings. The number of H-pyrrole nitrogens is 1. The quantitative estimate of drug-likeness (QED) is 0.228. The minimum Gasteiger partial charge on any atom is -0.457 e. The van der Waals surface area contributed by atoms with E-state index in [0.717, 1.165) is 27.8 Å². The number of Topliss-reactive ketones (excluding diaryl/α,β-unsaturated/α-hetero) is 1. The summed E-state index contributed by atoms with van der Waals surface area (Å²) >= 11 is 0. The van der Waals surface area contributed by atoms with E-state index >= 15 is 0 Å². The normalized spacial score (nSPS) is 11.7. The van der Waals surface area contributed by atoms with Gasteiger partial charge >= 0.3 is 0 Å². The van der Waals surface area contributed by atoms with E-state index in [0.29, 0.717) is 17.9 Å². The highest BCUT2D eigenvalue weighted by Crippen LogP contribution is 2.21. The molecule has 190 valence electrons. The Morgan fingerprint density at radius 3 is 2.24 bits per heavy atom. The van der Waals surface area contributed by atoms with E-state index in [9.17, 15) is 9.59 Å². The monoisotopic (exact) mass is 504 g/mol. The molecule has 5 aromatic rings. The van der Waals surface area contributed by atoms with Crippen LogP contribution in [0.1, 0.15) is 21.5 Å². The van der Waals surface area contributed by atoms with Gasteiger partial charge in [-0.05, 0) is 59.7 Å². The largest absolute Gasteiger partial charge is 0.457 e. The second-order valence-electron chi connectivity index (χ2n) is 9.01. The summed E-state index contributed by atoms with van der Waals surface area (Å²) in [7, 11) is 0. The molecule has 0 bridgehead atoms. The van der Waals surface area contributed by atoms with Gasteiger partial charge in [-0.15, -0.1) is 0 Å². The van der Waals surface area contributed by atoms with Gasteiger partial charge in [-0.3, -0.25) is 9.59 Å². The number of fused-ring (bicyclic) bond motifs is 1. The smallest absolute Gasteiger partial charge is 0.251 e. The number of carbonyl (C=O) groups is 2. The number of hydrogen-bond donors (Lipinski definition) is 2. The molecule has 0 aliphatic heterocycles. The van der Waals surface area contributed by atoms with Crippen molar-refractivity contribution in [3.8, 4) is 11.5 Å². The molecule has 38 heavy (non-hydrogen) atoms. The van der Waals surface area contributed by atoms with Crippen LogP contribution in [0.3, 0.4) is 0 Å². The molecule has 1 aromatic heterocycles. The average molecular weight is 505 g/mol. The summed E-state index contributed by atoms with van der Waals surface area (Å²) in [4.78, 5) is 29.5. The van der Waals surface area contributed by atoms with E-state index in [1.54, 1.807) is 12.1 Å². The van der Waals surface area contributed by atoms with Crippen LogP contribution in [0.2, 0.25) is 0 Å². The summed E-state index contributed by atoms with van der Waals surface area (Å²) in [5.41, 5.74) is 3.25. The van der Waals surface area contributed by atoms with Crippen molar-refractivity contribution < 1.29 is 19.1 Å². The van der Waals surface area contributed by atoms with Gasteiger partial charge < -0.3 is 19.8 Å². The van der Waals surface area contributed by atoms with Crippen LogP contribution in [0.25, 0.3) is 10.9 Å². The van der Waals surface area contributed by atoms with Crippen LogP contribution < -0.4 is 10.1 Å². The lowest BCUT2D eigenvalue weighted by Crippen LogP contribution is -2.44. The molecule has 1 atom stereocenters. The lowest BCUT2D eigenvalue weighted by molar-refractivity contribution is -0.121. The first kappa shape index (κ1) is 25.0. The fourth-order valence-corrected chi connectivity index (χ4v) is 4.14. The average Bonchev–Trinajstić information content (AvgIpc) is 3.43. The molecule has 5 rings (SSSR count). The maximum Gasteiger partial charge on any atom is 0.251 e. The zero-order chi connectivity index (χ0) is 26.2. The Morgan fingerprint density at radius 2 is 1.47 bits per heavy atom. The van der Waals surface area contributed by atoms with Crippen LogP contribution in [0.4, 0.5) is 0 Å². The number of benzene rings is 4. The molecule has 4 aromatic carbocycles. The summed E-state index contributed by atoms with van der Waals surface area (Å²) in [6.45, 7) is 0.419. The molecule has 0 saturated heterocycles. The summed E-state index contributed by atoms with van der Waals surface area (Å²) in [6, 6.07) is 33.1. The van der Waals surface area contributed by atoms with Crippen LogP contribution in [0.5, 0.6) is 11.5 Å². The van der Waals surface area contributed by atoms with Gasteiger partial charge in [0.15, 0.2) is 5.78 Å². The van der Waals surface area contributed by atoms with Gasteiger partial charge in [0, 0.05) is 29.1 Å². The predicted molar refractivity (Wildman–Crippen MR) is 147 cm³/mol. The SMILES string of the molecule is O=C(NC(COCc1ccccc1)C(=O)Cc1ccc(Oc2ccccc2)cc1)c1ccc2[nH]ccc2c1. The molecule has 0 saturated carbocycles. The number of hydrogen-bond acceptors (Lipinski definition) is 4. The van der Waals surface area contributed by atoms with Crippen molar-refractivity contribution in [2.75, 3.05) is 6.61 Å². The molecule has 1 amide bonds. The number of aromatic amines is 1. The number of rotatable bonds is 11. The summed E-state index contributed by atoms with van der Waals surface area (Å²) in [5, 5.41) is 3.82. The third kappa shape index (κ3) is 6.55. The van der Waals surface area contributed by atoms with Crippen molar-refractivity contribution in [3.63, 3.8) is 0 Å². The van der Waals surface area contributed by atoms with Gasteiger partial charge in [0.2, 0.25) is 0 Å². The van der Waals surface area contributed by atoms with E-state index in [1.165, 1.54) is 0 Å². The predicted octanol–water partition coefficient (Wildman–Crippen LogP) is 6.09. The van der Waals surface area contributed by atoms with E-state index in [4.69, 9.17) is 9.47 Å². The van der Waals surface area contributed by atoms with Crippen molar-refractivity contribution in [1.29, 1.82) is 0 Å². The number of para-hydroxylation sites is 1. The molecule has 6 heteroatoms. The van der Waals surface area contributed by atoms with Gasteiger partial charge in [0.05, 0.1) is 13.2 Å². The first-order chi connectivity index (χ1) is 18.6. The first-order valence-electron chi connectivity index (χ1n) is 12.5. The number of nitrogens with one attached hydrogen (secondary N) is 2. The zero-order valence-electron chi connectivity index (χ0n) is 20.8. The van der Waals surface area contributed by atoms with Gasteiger partial charge in [0.1, 0.15) is 17.5 Å². The molecule has 1 unspecified atom stereocenters. The number of ether oxygens (including phenoxy) is 2. The van der Waals surface area contributed by atoms with Crippen molar-refractivity contribution in [3.05, 3.63) is 132 Å². The maximum absolute atomic E-state index is 13.3. The molecule has 0 aliphatic rings. The second-order valence-corrected chi connectivity index (χ2v) is 9.01. The van der Waals surface area contributed by atoms with Crippen molar-refractivity contribution in [2.24, 2.45) is 0 Å². The second kappa shape index (κ2) is 12.0. The van der Waals surface area contributed by atoms with Crippen molar-refractivity contribution in [1.82, 2.24) is 10.3 Å². The van der Waals surface area contributed by atoms with E-state index in [2.05, 4.69) is 10.3 Å². The van der Waals surface area contributed by atoms with Crippen LogP contribution in [0.15, 0.2) is 115 Å². The fourth-order valence-electron chi connectivity index (χ4n) is 4.14. The lowest BCUT2D eigenvalue weighted by Gasteiger charge is -2.18. The third-order valence-electron chi connectivity index (χ3n) is 6.19. The molecule has 2 N–H and O–H groups in total. The molecule has 6 nitrogen and oxygen atoms in total. The highest BCUT2D eigenvalue weighted by molar-refractivity contribution is 6.00. The van der Waals surface area contributed by atoms with Crippen LogP contribution in [-0.2, 0) is 22.6 Å². The highest BCUT2D eigenvalue weighted by Gasteiger charge is 2.22. The van der Waals surface area contributed by atoms with E-state index in [-0.39, 0.29) is 24.7 Å². The number of amides is 1. The third-order valence-corrected chi connectivity index (χ3v) is 6.19. The lowest BCUT2D eigenvalue weighted by atomic mass is 10.0. The van der Waals surface area contributed by atoms with Crippen LogP contribution >= 0.6 is 0 Å². The summed E-state index contributed by atoms with van der Waals surface area (Å²) in [5.74, 6) is 0.975. The molecular weight excluding hydrogens is 476 g/mol. The highest BCUT2D eigenvalue weighted by atomic mass is 16.5. The number of ketones is 1. The standard InChI is InChI=1S/C32H28N2O4/c35-31(19-23-11-14-28(15-12-23)38-27-9-5-2-6-10-27)30(22-37-21-24-7-3-1-4-8-24)34-32(36)26-13-16-29-25(20-26)17-18-33-29/h1-18,20,30,33H,19,21-22H2,(H,34,36). The Kier molecular flexibility index (Phi) is 7.92. The van der Waals surface area contributed by atoms with E-state index < -0.39 is 6.04 Å². The Morgan fingerprint density at radius 1 is 0.763 bits per heavy atom. The minimum absolute atomic E-state index is 0.0705. The Labute approximate surface area is 221 Å². The molecular formula is C32H28N2O4. The zero-order valence-corrected chi connectivity index (χ0v) is 20.8. The molecule has 0 radical (unpaired) electrons. The molecule has 0 spiro atoms.